The number of carboxylic acid groups (broad SMARTS) is 1. The number of aliphatic carboxylic acids is 1. The highest BCUT2D eigenvalue weighted by atomic mass is 31.2. The van der Waals surface area contributed by atoms with Gasteiger partial charge in [0, 0.05) is 12.8 Å². The summed E-state index contributed by atoms with van der Waals surface area (Å²) < 4.78 is 26.7. The van der Waals surface area contributed by atoms with Crippen molar-refractivity contribution in [3.05, 3.63) is 36.5 Å². The van der Waals surface area contributed by atoms with Crippen LogP contribution in [0.15, 0.2) is 36.5 Å². The van der Waals surface area contributed by atoms with E-state index in [2.05, 4.69) is 55.6 Å². The Morgan fingerprint density at radius 3 is 1.78 bits per heavy atom. The van der Waals surface area contributed by atoms with Crippen LogP contribution in [0.4, 0.5) is 0 Å². The average Bonchev–Trinajstić information content (AvgIpc) is 3.07. The summed E-state index contributed by atoms with van der Waals surface area (Å²) in [6, 6.07) is -1.55. The molecule has 3 atom stereocenters. The minimum Gasteiger partial charge on any atom is -0.480 e. The first kappa shape index (κ1) is 46.7. The number of carbonyl (C=O) groups is 3. The Labute approximate surface area is 295 Å². The van der Waals surface area contributed by atoms with E-state index in [0.29, 0.717) is 12.8 Å². The molecule has 0 aromatic heterocycles. The van der Waals surface area contributed by atoms with Crippen molar-refractivity contribution in [2.45, 2.75) is 161 Å². The number of hydrogen-bond acceptors (Lipinski definition) is 8. The Hall–Kier alpha value is -2.30. The quantitative estimate of drug-likeness (QED) is 0.0219. The van der Waals surface area contributed by atoms with Gasteiger partial charge in [-0.2, -0.15) is 0 Å². The minimum absolute atomic E-state index is 0.126. The van der Waals surface area contributed by atoms with Crippen molar-refractivity contribution in [3.8, 4) is 0 Å². The van der Waals surface area contributed by atoms with Gasteiger partial charge in [0.15, 0.2) is 6.04 Å². The Kier molecular flexibility index (Phi) is 31.3. The summed E-state index contributed by atoms with van der Waals surface area (Å²) in [6.07, 6.45) is 31.8. The molecule has 0 saturated carbocycles. The van der Waals surface area contributed by atoms with Crippen LogP contribution in [0, 0.1) is 0 Å². The highest BCUT2D eigenvalue weighted by Gasteiger charge is 2.28. The fourth-order valence-electron chi connectivity index (χ4n) is 4.80. The minimum atomic E-state index is -4.75. The Bertz CT molecular complexity index is 984. The number of esters is 1. The molecule has 284 valence electrons. The SMILES string of the molecule is CC/C=C\C/C=C\C/C=C\CCCCCCCC(=O)NC(COP(=O)(O)OCC(O)COC(=O)CCCCCCCCCCCC)C(=O)O. The lowest BCUT2D eigenvalue weighted by molar-refractivity contribution is -0.147. The first-order valence-electron chi connectivity index (χ1n) is 18.5. The van der Waals surface area contributed by atoms with E-state index in [9.17, 15) is 34.1 Å². The van der Waals surface area contributed by atoms with E-state index in [-0.39, 0.29) is 12.8 Å². The van der Waals surface area contributed by atoms with Crippen molar-refractivity contribution in [2.75, 3.05) is 19.8 Å². The fourth-order valence-corrected chi connectivity index (χ4v) is 5.57. The molecule has 0 bridgehead atoms. The van der Waals surface area contributed by atoms with Gasteiger partial charge in [-0.15, -0.1) is 0 Å². The molecule has 49 heavy (non-hydrogen) atoms. The number of aliphatic hydroxyl groups is 1. The monoisotopic (exact) mass is 715 g/mol. The van der Waals surface area contributed by atoms with Crippen LogP contribution in [-0.2, 0) is 32.7 Å². The summed E-state index contributed by atoms with van der Waals surface area (Å²) in [7, 11) is -4.75. The molecule has 3 unspecified atom stereocenters. The Balaban J connectivity index is 4.02. The van der Waals surface area contributed by atoms with Crippen LogP contribution in [0.1, 0.15) is 149 Å². The van der Waals surface area contributed by atoms with Crippen LogP contribution < -0.4 is 5.32 Å². The number of allylic oxidation sites excluding steroid dienone is 6. The van der Waals surface area contributed by atoms with Crippen LogP contribution >= 0.6 is 7.82 Å². The largest absolute Gasteiger partial charge is 0.480 e. The van der Waals surface area contributed by atoms with Gasteiger partial charge in [0.2, 0.25) is 5.91 Å². The maximum absolute atomic E-state index is 12.2. The predicted octanol–water partition coefficient (Wildman–Crippen LogP) is 8.49. The molecule has 0 aromatic rings. The number of amides is 1. The number of rotatable bonds is 34. The molecule has 0 aliphatic rings. The Morgan fingerprint density at radius 2 is 1.18 bits per heavy atom. The van der Waals surface area contributed by atoms with Gasteiger partial charge in [-0.05, 0) is 44.9 Å². The molecular formula is C37H66NO10P. The van der Waals surface area contributed by atoms with Gasteiger partial charge in [-0.1, -0.05) is 127 Å². The Morgan fingerprint density at radius 1 is 0.673 bits per heavy atom. The van der Waals surface area contributed by atoms with Crippen molar-refractivity contribution in [1.82, 2.24) is 5.32 Å². The maximum Gasteiger partial charge on any atom is 0.472 e. The summed E-state index contributed by atoms with van der Waals surface area (Å²) in [6.45, 7) is 2.42. The number of carboxylic acids is 1. The third kappa shape index (κ3) is 32.7. The lowest BCUT2D eigenvalue weighted by Gasteiger charge is -2.18. The zero-order chi connectivity index (χ0) is 36.4. The lowest BCUT2D eigenvalue weighted by atomic mass is 10.1. The van der Waals surface area contributed by atoms with E-state index < -0.39 is 57.6 Å². The highest BCUT2D eigenvalue weighted by Crippen LogP contribution is 2.43. The van der Waals surface area contributed by atoms with Crippen LogP contribution in [0.25, 0.3) is 0 Å². The molecular weight excluding hydrogens is 649 g/mol. The number of phosphoric acid groups is 1. The van der Waals surface area contributed by atoms with Crippen LogP contribution in [0.3, 0.4) is 0 Å². The number of carbonyl (C=O) groups excluding carboxylic acids is 2. The number of nitrogens with one attached hydrogen (secondary N) is 1. The molecule has 0 aliphatic carbocycles. The van der Waals surface area contributed by atoms with Gasteiger partial charge < -0.3 is 25.2 Å². The molecule has 0 spiro atoms. The summed E-state index contributed by atoms with van der Waals surface area (Å²) in [4.78, 5) is 45.6. The van der Waals surface area contributed by atoms with E-state index in [1.807, 2.05) is 0 Å². The third-order valence-corrected chi connectivity index (χ3v) is 8.64. The average molecular weight is 716 g/mol. The highest BCUT2D eigenvalue weighted by molar-refractivity contribution is 7.47. The fraction of sp³-hybridized carbons (Fsp3) is 0.757. The summed E-state index contributed by atoms with van der Waals surface area (Å²) in [5.74, 6) is -2.40. The van der Waals surface area contributed by atoms with Gasteiger partial charge in [0.1, 0.15) is 12.7 Å². The first-order chi connectivity index (χ1) is 23.6. The second kappa shape index (κ2) is 32.9. The molecule has 4 N–H and O–H groups in total. The third-order valence-electron chi connectivity index (χ3n) is 7.69. The van der Waals surface area contributed by atoms with Crippen molar-refractivity contribution < 1.29 is 47.8 Å². The van der Waals surface area contributed by atoms with E-state index in [1.54, 1.807) is 0 Å². The molecule has 1 amide bonds. The number of phosphoric ester groups is 1. The number of unbranched alkanes of at least 4 members (excludes halogenated alkanes) is 14. The molecule has 12 heteroatoms. The topological polar surface area (TPSA) is 169 Å². The first-order valence-corrected chi connectivity index (χ1v) is 20.0. The molecule has 11 nitrogen and oxygen atoms in total. The smallest absolute Gasteiger partial charge is 0.472 e. The zero-order valence-corrected chi connectivity index (χ0v) is 31.1. The number of hydrogen-bond donors (Lipinski definition) is 4. The molecule has 0 saturated heterocycles. The standard InChI is InChI=1S/C37H66NO10P/c1-3-5-7-9-11-13-15-16-17-18-19-20-22-24-26-28-35(40)38-34(37(42)43)32-48-49(44,45)47-31-33(39)30-46-36(41)29-27-25-23-21-14-12-10-8-6-4-2/h5,7,11,13,16-17,33-34,39H,3-4,6,8-10,12,14-15,18-32H2,1-2H3,(H,38,40)(H,42,43)(H,44,45)/b7-5-,13-11-,17-16-. The van der Waals surface area contributed by atoms with Crippen molar-refractivity contribution in [2.24, 2.45) is 0 Å². The van der Waals surface area contributed by atoms with E-state index in [0.717, 1.165) is 70.6 Å². The molecule has 0 heterocycles. The number of ether oxygens (including phenoxy) is 1. The summed E-state index contributed by atoms with van der Waals surface area (Å²) in [5, 5.41) is 21.7. The van der Waals surface area contributed by atoms with Crippen LogP contribution in [0.2, 0.25) is 0 Å². The summed E-state index contributed by atoms with van der Waals surface area (Å²) in [5.41, 5.74) is 0. The van der Waals surface area contributed by atoms with Gasteiger partial charge in [-0.25, -0.2) is 9.36 Å². The second-order valence-corrected chi connectivity index (χ2v) is 13.8. The normalized spacial score (nSPS) is 14.4. The molecule has 0 aliphatic heterocycles. The molecule has 0 fully saturated rings. The maximum atomic E-state index is 12.2. The van der Waals surface area contributed by atoms with E-state index in [4.69, 9.17) is 13.8 Å². The van der Waals surface area contributed by atoms with Gasteiger partial charge in [0.25, 0.3) is 0 Å². The molecule has 0 radical (unpaired) electrons. The van der Waals surface area contributed by atoms with E-state index in [1.165, 1.54) is 38.5 Å². The van der Waals surface area contributed by atoms with Crippen LogP contribution in [0.5, 0.6) is 0 Å². The van der Waals surface area contributed by atoms with Crippen LogP contribution in [-0.4, -0.2) is 64.9 Å². The molecule has 0 rings (SSSR count). The van der Waals surface area contributed by atoms with Gasteiger partial charge in [0.05, 0.1) is 13.2 Å². The van der Waals surface area contributed by atoms with Crippen molar-refractivity contribution >= 4 is 25.7 Å². The van der Waals surface area contributed by atoms with Crippen molar-refractivity contribution in [3.63, 3.8) is 0 Å². The predicted molar refractivity (Wildman–Crippen MR) is 194 cm³/mol. The molecule has 0 aromatic carbocycles. The zero-order valence-electron chi connectivity index (χ0n) is 30.2. The summed E-state index contributed by atoms with van der Waals surface area (Å²) >= 11 is 0. The van der Waals surface area contributed by atoms with Gasteiger partial charge in [-0.3, -0.25) is 18.6 Å². The van der Waals surface area contributed by atoms with Gasteiger partial charge >= 0.3 is 19.8 Å². The van der Waals surface area contributed by atoms with Crippen molar-refractivity contribution in [1.29, 1.82) is 0 Å². The lowest BCUT2D eigenvalue weighted by Crippen LogP contribution is -2.43. The van der Waals surface area contributed by atoms with E-state index >= 15 is 0 Å². The number of aliphatic hydroxyl groups excluding tert-OH is 1. The second-order valence-electron chi connectivity index (χ2n) is 12.4.